The van der Waals surface area contributed by atoms with Crippen LogP contribution in [0.4, 0.5) is 4.39 Å². The van der Waals surface area contributed by atoms with Crippen molar-refractivity contribution < 1.29 is 21.8 Å². The van der Waals surface area contributed by atoms with Gasteiger partial charge in [-0.05, 0) is 35.7 Å². The van der Waals surface area contributed by atoms with Gasteiger partial charge in [0.15, 0.2) is 0 Å². The molecule has 0 N–H and O–H groups in total. The molecule has 1 atom stereocenters. The highest BCUT2D eigenvalue weighted by atomic mass is 35.5. The number of benzene rings is 2. The molecule has 26 heavy (non-hydrogen) atoms. The lowest BCUT2D eigenvalue weighted by molar-refractivity contribution is 0.0689. The first-order valence-corrected chi connectivity index (χ1v) is 10.1. The Hall–Kier alpha value is -1.96. The van der Waals surface area contributed by atoms with Crippen molar-refractivity contribution >= 4 is 27.6 Å². The number of carbonyl (C=O) groups excluding carboxylic acids is 1. The summed E-state index contributed by atoms with van der Waals surface area (Å²) in [4.78, 5) is 14.5. The fourth-order valence-electron chi connectivity index (χ4n) is 3.09. The summed E-state index contributed by atoms with van der Waals surface area (Å²) < 4.78 is 40.4. The second-order valence-corrected chi connectivity index (χ2v) is 8.15. The zero-order chi connectivity index (χ0) is 18.9. The summed E-state index contributed by atoms with van der Waals surface area (Å²) in [6.45, 7) is 0.205. The third kappa shape index (κ3) is 4.06. The van der Waals surface area contributed by atoms with Crippen LogP contribution in [0.25, 0.3) is 0 Å². The third-order valence-electron chi connectivity index (χ3n) is 4.21. The lowest BCUT2D eigenvalue weighted by atomic mass is 10.0. The third-order valence-corrected chi connectivity index (χ3v) is 5.12. The fraction of sp³-hybridized carbons (Fsp3) is 0.278. The number of hydrogen-bond donors (Lipinski definition) is 0. The standard InChI is InChI=1S/C18H17ClFNO4S/c1-26(23,24)25-10-9-16-14-3-2-4-15(19)17(14)18(22)21(16)11-12-5-7-13(20)8-6-12/h2-8,16H,9-11H2,1H3. The maximum absolute atomic E-state index is 13.1. The fourth-order valence-corrected chi connectivity index (χ4v) is 3.75. The minimum atomic E-state index is -3.57. The minimum absolute atomic E-state index is 0.0529. The molecule has 2 aromatic carbocycles. The van der Waals surface area contributed by atoms with Gasteiger partial charge in [0, 0.05) is 6.54 Å². The van der Waals surface area contributed by atoms with Crippen LogP contribution >= 0.6 is 11.6 Å². The van der Waals surface area contributed by atoms with Crippen LogP contribution in [0.2, 0.25) is 5.02 Å². The summed E-state index contributed by atoms with van der Waals surface area (Å²) in [5.41, 5.74) is 1.92. The zero-order valence-corrected chi connectivity index (χ0v) is 15.6. The van der Waals surface area contributed by atoms with Gasteiger partial charge in [-0.3, -0.25) is 8.98 Å². The molecule has 138 valence electrons. The molecule has 0 aliphatic carbocycles. The van der Waals surface area contributed by atoms with E-state index in [1.807, 2.05) is 0 Å². The molecule has 1 heterocycles. The Morgan fingerprint density at radius 1 is 1.19 bits per heavy atom. The summed E-state index contributed by atoms with van der Waals surface area (Å²) >= 11 is 6.20. The monoisotopic (exact) mass is 397 g/mol. The van der Waals surface area contributed by atoms with E-state index in [1.165, 1.54) is 12.1 Å². The van der Waals surface area contributed by atoms with Gasteiger partial charge in [0.05, 0.1) is 29.5 Å². The Morgan fingerprint density at radius 3 is 2.54 bits per heavy atom. The van der Waals surface area contributed by atoms with E-state index in [1.54, 1.807) is 35.2 Å². The van der Waals surface area contributed by atoms with Gasteiger partial charge in [-0.1, -0.05) is 35.9 Å². The summed E-state index contributed by atoms with van der Waals surface area (Å²) in [7, 11) is -3.57. The van der Waals surface area contributed by atoms with Gasteiger partial charge in [-0.2, -0.15) is 8.42 Å². The number of hydrogen-bond acceptors (Lipinski definition) is 4. The van der Waals surface area contributed by atoms with Crippen LogP contribution in [0.3, 0.4) is 0 Å². The molecule has 2 aromatic rings. The molecule has 0 aromatic heterocycles. The molecular formula is C18H17ClFNO4S. The molecule has 3 rings (SSSR count). The number of rotatable bonds is 6. The molecule has 1 unspecified atom stereocenters. The Labute approximate surface area is 156 Å². The lowest BCUT2D eigenvalue weighted by Crippen LogP contribution is -2.28. The maximum Gasteiger partial charge on any atom is 0.264 e. The minimum Gasteiger partial charge on any atom is -0.327 e. The first-order chi connectivity index (χ1) is 12.3. The summed E-state index contributed by atoms with van der Waals surface area (Å²) in [5, 5.41) is 0.350. The molecule has 0 radical (unpaired) electrons. The van der Waals surface area contributed by atoms with Crippen LogP contribution < -0.4 is 0 Å². The van der Waals surface area contributed by atoms with Crippen molar-refractivity contribution in [1.82, 2.24) is 4.90 Å². The number of carbonyl (C=O) groups is 1. The van der Waals surface area contributed by atoms with Crippen molar-refractivity contribution in [1.29, 1.82) is 0 Å². The van der Waals surface area contributed by atoms with Gasteiger partial charge in [-0.15, -0.1) is 0 Å². The number of amides is 1. The molecule has 5 nitrogen and oxygen atoms in total. The van der Waals surface area contributed by atoms with E-state index in [0.29, 0.717) is 17.0 Å². The molecular weight excluding hydrogens is 381 g/mol. The molecule has 0 saturated carbocycles. The maximum atomic E-state index is 13.1. The second-order valence-electron chi connectivity index (χ2n) is 6.09. The second kappa shape index (κ2) is 7.34. The van der Waals surface area contributed by atoms with Crippen molar-refractivity contribution in [2.24, 2.45) is 0 Å². The van der Waals surface area contributed by atoms with Crippen molar-refractivity contribution in [3.8, 4) is 0 Å². The van der Waals surface area contributed by atoms with Crippen molar-refractivity contribution in [3.05, 3.63) is 70.0 Å². The van der Waals surface area contributed by atoms with E-state index < -0.39 is 10.1 Å². The largest absolute Gasteiger partial charge is 0.327 e. The van der Waals surface area contributed by atoms with E-state index >= 15 is 0 Å². The average Bonchev–Trinajstić information content (AvgIpc) is 2.82. The van der Waals surface area contributed by atoms with Gasteiger partial charge < -0.3 is 4.90 Å². The van der Waals surface area contributed by atoms with Crippen molar-refractivity contribution in [2.75, 3.05) is 12.9 Å². The summed E-state index contributed by atoms with van der Waals surface area (Å²) in [6.07, 6.45) is 1.28. The Morgan fingerprint density at radius 2 is 1.88 bits per heavy atom. The van der Waals surface area contributed by atoms with Crippen LogP contribution in [0.15, 0.2) is 42.5 Å². The van der Waals surface area contributed by atoms with Crippen LogP contribution in [-0.4, -0.2) is 32.1 Å². The van der Waals surface area contributed by atoms with Gasteiger partial charge >= 0.3 is 0 Å². The lowest BCUT2D eigenvalue weighted by Gasteiger charge is -2.25. The first kappa shape index (κ1) is 18.8. The number of nitrogens with zero attached hydrogens (tertiary/aromatic N) is 1. The number of halogens is 2. The van der Waals surface area contributed by atoms with Crippen LogP contribution in [0, 0.1) is 5.82 Å². The molecule has 0 fully saturated rings. The Bertz CT molecular complexity index is 931. The predicted octanol–water partition coefficient (Wildman–Crippen LogP) is 3.54. The summed E-state index contributed by atoms with van der Waals surface area (Å²) in [5.74, 6) is -0.592. The van der Waals surface area contributed by atoms with E-state index in [2.05, 4.69) is 0 Å². The van der Waals surface area contributed by atoms with E-state index in [9.17, 15) is 17.6 Å². The molecule has 1 amide bonds. The topological polar surface area (TPSA) is 63.7 Å². The zero-order valence-electron chi connectivity index (χ0n) is 14.0. The molecule has 0 bridgehead atoms. The highest BCUT2D eigenvalue weighted by Crippen LogP contribution is 2.40. The van der Waals surface area contributed by atoms with E-state index in [-0.39, 0.29) is 30.9 Å². The molecule has 0 spiro atoms. The van der Waals surface area contributed by atoms with E-state index in [0.717, 1.165) is 17.4 Å². The molecule has 8 heteroatoms. The number of fused-ring (bicyclic) bond motifs is 1. The van der Waals surface area contributed by atoms with Crippen LogP contribution in [-0.2, 0) is 20.8 Å². The Kier molecular flexibility index (Phi) is 5.32. The first-order valence-electron chi connectivity index (χ1n) is 7.94. The normalized spacial score (nSPS) is 16.8. The van der Waals surface area contributed by atoms with Crippen molar-refractivity contribution in [3.63, 3.8) is 0 Å². The molecule has 1 aliphatic heterocycles. The SMILES string of the molecule is CS(=O)(=O)OCCC1c2cccc(Cl)c2C(=O)N1Cc1ccc(F)cc1. The average molecular weight is 398 g/mol. The van der Waals surface area contributed by atoms with Crippen LogP contribution in [0.1, 0.15) is 33.9 Å². The summed E-state index contributed by atoms with van der Waals surface area (Å²) in [6, 6.07) is 10.7. The van der Waals surface area contributed by atoms with Gasteiger partial charge in [0.25, 0.3) is 16.0 Å². The highest BCUT2D eigenvalue weighted by molar-refractivity contribution is 7.85. The smallest absolute Gasteiger partial charge is 0.264 e. The van der Waals surface area contributed by atoms with Crippen molar-refractivity contribution in [2.45, 2.75) is 19.0 Å². The van der Waals surface area contributed by atoms with Crippen LogP contribution in [0.5, 0.6) is 0 Å². The van der Waals surface area contributed by atoms with Gasteiger partial charge in [0.1, 0.15) is 5.82 Å². The van der Waals surface area contributed by atoms with E-state index in [4.69, 9.17) is 15.8 Å². The predicted molar refractivity (Wildman–Crippen MR) is 95.9 cm³/mol. The molecule has 1 aliphatic rings. The van der Waals surface area contributed by atoms with Gasteiger partial charge in [0.2, 0.25) is 0 Å². The Balaban J connectivity index is 1.88. The van der Waals surface area contributed by atoms with Gasteiger partial charge in [-0.25, -0.2) is 4.39 Å². The highest BCUT2D eigenvalue weighted by Gasteiger charge is 2.38. The molecule has 0 saturated heterocycles. The quantitative estimate of drug-likeness (QED) is 0.699.